The number of nitrogens with one attached hydrogen (secondary N) is 2. The van der Waals surface area contributed by atoms with E-state index in [0.717, 1.165) is 44.0 Å². The van der Waals surface area contributed by atoms with E-state index in [-0.39, 0.29) is 6.61 Å². The third-order valence-corrected chi connectivity index (χ3v) is 4.77. The first kappa shape index (κ1) is 16.9. The number of aromatic nitrogens is 3. The second kappa shape index (κ2) is 8.26. The van der Waals surface area contributed by atoms with Gasteiger partial charge in [0, 0.05) is 49.7 Å². The van der Waals surface area contributed by atoms with Crippen LogP contribution >= 0.6 is 0 Å². The van der Waals surface area contributed by atoms with Crippen LogP contribution < -0.4 is 10.2 Å². The van der Waals surface area contributed by atoms with Crippen LogP contribution in [0.4, 0.5) is 5.82 Å². The van der Waals surface area contributed by atoms with Gasteiger partial charge in [-0.05, 0) is 44.2 Å². The molecular weight excluding hydrogens is 302 g/mol. The molecule has 3 heterocycles. The fourth-order valence-electron chi connectivity index (χ4n) is 3.34. The third kappa shape index (κ3) is 4.13. The summed E-state index contributed by atoms with van der Waals surface area (Å²) >= 11 is 0. The van der Waals surface area contributed by atoms with Crippen molar-refractivity contribution in [3.05, 3.63) is 41.3 Å². The molecule has 3 rings (SSSR count). The molecule has 0 amide bonds. The number of pyridine rings is 1. The highest BCUT2D eigenvalue weighted by Crippen LogP contribution is 2.25. The van der Waals surface area contributed by atoms with E-state index < -0.39 is 0 Å². The molecule has 2 aromatic heterocycles. The monoisotopic (exact) mass is 329 g/mol. The highest BCUT2D eigenvalue weighted by Gasteiger charge is 2.22. The summed E-state index contributed by atoms with van der Waals surface area (Å²) < 4.78 is 0. The van der Waals surface area contributed by atoms with Crippen molar-refractivity contribution in [2.45, 2.75) is 51.7 Å². The molecule has 1 atom stereocenters. The maximum absolute atomic E-state index is 9.26. The van der Waals surface area contributed by atoms with E-state index in [9.17, 15) is 5.11 Å². The molecule has 0 aliphatic carbocycles. The molecule has 6 nitrogen and oxygen atoms in total. The number of aliphatic hydroxyl groups is 1. The van der Waals surface area contributed by atoms with Crippen LogP contribution in [0.25, 0.3) is 0 Å². The Balaban J connectivity index is 1.55. The van der Waals surface area contributed by atoms with Crippen molar-refractivity contribution in [1.29, 1.82) is 0 Å². The van der Waals surface area contributed by atoms with Crippen molar-refractivity contribution in [2.75, 3.05) is 18.1 Å². The van der Waals surface area contributed by atoms with Crippen molar-refractivity contribution >= 4 is 5.82 Å². The summed E-state index contributed by atoms with van der Waals surface area (Å²) in [5, 5.41) is 19.7. The molecule has 1 aliphatic heterocycles. The Bertz CT molecular complexity index is 623. The lowest BCUT2D eigenvalue weighted by atomic mass is 9.99. The van der Waals surface area contributed by atoms with Gasteiger partial charge in [0.15, 0.2) is 0 Å². The van der Waals surface area contributed by atoms with Gasteiger partial charge >= 0.3 is 0 Å². The molecule has 24 heavy (non-hydrogen) atoms. The molecule has 0 bridgehead atoms. The molecular formula is C18H27N5O. The lowest BCUT2D eigenvalue weighted by molar-refractivity contribution is 0.262. The standard InChI is InChI=1S/C18H27N5O/c1-14-16(13-21-22-14)12-19-10-15-5-6-18(20-11-15)23-8-3-2-4-17(23)7-9-24/h5-6,11,13,17,19,24H,2-4,7-10,12H2,1H3,(H,21,22)/t17-/m0/s1. The third-order valence-electron chi connectivity index (χ3n) is 4.77. The minimum atomic E-state index is 0.247. The number of hydrogen-bond acceptors (Lipinski definition) is 5. The number of rotatable bonds is 7. The zero-order valence-electron chi connectivity index (χ0n) is 14.3. The number of aliphatic hydroxyl groups excluding tert-OH is 1. The van der Waals surface area contributed by atoms with Crippen molar-refractivity contribution in [3.63, 3.8) is 0 Å². The topological polar surface area (TPSA) is 77.1 Å². The lowest BCUT2D eigenvalue weighted by Gasteiger charge is -2.36. The van der Waals surface area contributed by atoms with Crippen LogP contribution in [0.5, 0.6) is 0 Å². The van der Waals surface area contributed by atoms with Crippen LogP contribution in [-0.4, -0.2) is 39.5 Å². The summed E-state index contributed by atoms with van der Waals surface area (Å²) in [5.74, 6) is 1.03. The zero-order valence-corrected chi connectivity index (χ0v) is 14.3. The maximum atomic E-state index is 9.26. The summed E-state index contributed by atoms with van der Waals surface area (Å²) in [4.78, 5) is 7.01. The molecule has 2 aromatic rings. The highest BCUT2D eigenvalue weighted by molar-refractivity contribution is 5.41. The van der Waals surface area contributed by atoms with E-state index in [1.165, 1.54) is 24.0 Å². The highest BCUT2D eigenvalue weighted by atomic mass is 16.3. The fourth-order valence-corrected chi connectivity index (χ4v) is 3.34. The quantitative estimate of drug-likeness (QED) is 0.725. The van der Waals surface area contributed by atoms with Gasteiger partial charge in [-0.3, -0.25) is 5.10 Å². The lowest BCUT2D eigenvalue weighted by Crippen LogP contribution is -2.40. The minimum absolute atomic E-state index is 0.247. The molecule has 6 heteroatoms. The summed E-state index contributed by atoms with van der Waals surface area (Å²) in [6.07, 6.45) is 8.24. The van der Waals surface area contributed by atoms with Crippen LogP contribution in [0.3, 0.4) is 0 Å². The number of piperidine rings is 1. The van der Waals surface area contributed by atoms with Gasteiger partial charge in [-0.15, -0.1) is 0 Å². The van der Waals surface area contributed by atoms with Crippen molar-refractivity contribution in [1.82, 2.24) is 20.5 Å². The number of aromatic amines is 1. The molecule has 0 aromatic carbocycles. The number of anilines is 1. The number of H-pyrrole nitrogens is 1. The molecule has 1 fully saturated rings. The van der Waals surface area contributed by atoms with Gasteiger partial charge in [0.05, 0.1) is 6.20 Å². The van der Waals surface area contributed by atoms with E-state index in [4.69, 9.17) is 0 Å². The molecule has 3 N–H and O–H groups in total. The van der Waals surface area contributed by atoms with E-state index in [2.05, 4.69) is 37.5 Å². The number of nitrogens with zero attached hydrogens (tertiary/aromatic N) is 3. The van der Waals surface area contributed by atoms with Crippen molar-refractivity contribution in [3.8, 4) is 0 Å². The van der Waals surface area contributed by atoms with Gasteiger partial charge < -0.3 is 15.3 Å². The average molecular weight is 329 g/mol. The first-order valence-electron chi connectivity index (χ1n) is 8.80. The van der Waals surface area contributed by atoms with Crippen molar-refractivity contribution < 1.29 is 5.11 Å². The van der Waals surface area contributed by atoms with Gasteiger partial charge in [0.1, 0.15) is 5.82 Å². The predicted octanol–water partition coefficient (Wildman–Crippen LogP) is 2.14. The normalized spacial score (nSPS) is 18.1. The largest absolute Gasteiger partial charge is 0.396 e. The summed E-state index contributed by atoms with van der Waals surface area (Å²) in [6.45, 7) is 4.90. The molecule has 0 unspecified atom stereocenters. The Morgan fingerprint density at radius 3 is 2.92 bits per heavy atom. The Kier molecular flexibility index (Phi) is 5.82. The van der Waals surface area contributed by atoms with Crippen LogP contribution in [0.15, 0.2) is 24.5 Å². The van der Waals surface area contributed by atoms with Crippen molar-refractivity contribution in [2.24, 2.45) is 0 Å². The molecule has 0 radical (unpaired) electrons. The Morgan fingerprint density at radius 2 is 2.21 bits per heavy atom. The maximum Gasteiger partial charge on any atom is 0.128 e. The Morgan fingerprint density at radius 1 is 1.29 bits per heavy atom. The molecule has 0 saturated carbocycles. The number of aryl methyl sites for hydroxylation is 1. The molecule has 1 saturated heterocycles. The van der Waals surface area contributed by atoms with E-state index >= 15 is 0 Å². The summed E-state index contributed by atoms with van der Waals surface area (Å²) in [6, 6.07) is 4.67. The van der Waals surface area contributed by atoms with E-state index in [1.54, 1.807) is 0 Å². The first-order valence-corrected chi connectivity index (χ1v) is 8.80. The Hall–Kier alpha value is -1.92. The van der Waals surface area contributed by atoms with Crippen LogP contribution in [-0.2, 0) is 13.1 Å². The minimum Gasteiger partial charge on any atom is -0.396 e. The summed E-state index contributed by atoms with van der Waals surface area (Å²) in [5.41, 5.74) is 3.48. The van der Waals surface area contributed by atoms with Gasteiger partial charge in [-0.2, -0.15) is 5.10 Å². The average Bonchev–Trinajstić information content (AvgIpc) is 3.02. The van der Waals surface area contributed by atoms with Gasteiger partial charge in [0.25, 0.3) is 0 Å². The van der Waals surface area contributed by atoms with Crippen LogP contribution in [0, 0.1) is 6.92 Å². The van der Waals surface area contributed by atoms with Crippen LogP contribution in [0.2, 0.25) is 0 Å². The van der Waals surface area contributed by atoms with Gasteiger partial charge in [-0.25, -0.2) is 4.98 Å². The van der Waals surface area contributed by atoms with E-state index in [1.807, 2.05) is 19.3 Å². The van der Waals surface area contributed by atoms with E-state index in [0.29, 0.717) is 6.04 Å². The molecule has 130 valence electrons. The zero-order chi connectivity index (χ0) is 16.8. The molecule has 0 spiro atoms. The smallest absolute Gasteiger partial charge is 0.128 e. The molecule has 1 aliphatic rings. The van der Waals surface area contributed by atoms with Gasteiger partial charge in [-0.1, -0.05) is 6.07 Å². The fraction of sp³-hybridized carbons (Fsp3) is 0.556. The first-order chi connectivity index (χ1) is 11.8. The number of hydrogen-bond donors (Lipinski definition) is 3. The van der Waals surface area contributed by atoms with Crippen LogP contribution in [0.1, 0.15) is 42.5 Å². The summed E-state index contributed by atoms with van der Waals surface area (Å²) in [7, 11) is 0. The second-order valence-corrected chi connectivity index (χ2v) is 6.50. The Labute approximate surface area is 143 Å². The SMILES string of the molecule is Cc1[nH]ncc1CNCc1ccc(N2CCCC[C@H]2CCO)nc1. The predicted molar refractivity (Wildman–Crippen MR) is 94.8 cm³/mol. The second-order valence-electron chi connectivity index (χ2n) is 6.50. The van der Waals surface area contributed by atoms with Gasteiger partial charge in [0.2, 0.25) is 0 Å².